The Morgan fingerprint density at radius 2 is 0.525 bits per heavy atom. The van der Waals surface area contributed by atoms with Gasteiger partial charge in [0.1, 0.15) is 0 Å². The quantitative estimate of drug-likeness (QED) is 0.129. The molecule has 2 nitrogen and oxygen atoms in total. The molecule has 0 bridgehead atoms. The summed E-state index contributed by atoms with van der Waals surface area (Å²) in [6.45, 7) is 28.2. The van der Waals surface area contributed by atoms with Gasteiger partial charge in [0.15, 0.2) is 0 Å². The maximum atomic E-state index is 9.21. The number of hydrogen-bond acceptors (Lipinski definition) is 2. The van der Waals surface area contributed by atoms with E-state index in [2.05, 4.69) is 265 Å². The van der Waals surface area contributed by atoms with Crippen molar-refractivity contribution in [3.05, 3.63) is 282 Å². The molecule has 0 amide bonds. The van der Waals surface area contributed by atoms with Gasteiger partial charge in [0.05, 0.1) is 0 Å². The van der Waals surface area contributed by atoms with E-state index < -0.39 is 35.7 Å². The van der Waals surface area contributed by atoms with Crippen molar-refractivity contribution in [2.24, 2.45) is 0 Å². The van der Waals surface area contributed by atoms with Gasteiger partial charge in [-0.3, -0.25) is 0 Å². The van der Waals surface area contributed by atoms with Gasteiger partial charge in [-0.05, 0) is 0 Å². The summed E-state index contributed by atoms with van der Waals surface area (Å²) in [5.41, 5.74) is 29.1. The van der Waals surface area contributed by atoms with Crippen LogP contribution in [0.2, 0.25) is 0 Å². The van der Waals surface area contributed by atoms with Gasteiger partial charge in [-0.2, -0.15) is 0 Å². The summed E-state index contributed by atoms with van der Waals surface area (Å²) >= 11 is -9.40. The molecule has 3 aliphatic carbocycles. The number of benzene rings is 10. The molecule has 0 saturated heterocycles. The predicted molar refractivity (Wildman–Crippen MR) is 338 cm³/mol. The van der Waals surface area contributed by atoms with Crippen LogP contribution in [0.5, 0.6) is 11.5 Å². The molecule has 4 heteroatoms. The van der Waals surface area contributed by atoms with Crippen LogP contribution in [0.15, 0.2) is 182 Å². The molecule has 5 aliphatic rings. The van der Waals surface area contributed by atoms with Crippen molar-refractivity contribution in [3.63, 3.8) is 0 Å². The zero-order valence-electron chi connectivity index (χ0n) is 48.3. The van der Waals surface area contributed by atoms with Gasteiger partial charge in [0, 0.05) is 0 Å². The molecule has 0 saturated carbocycles. The number of allylic oxidation sites excluding steroid dienone is 2. The Morgan fingerprint density at radius 3 is 0.775 bits per heavy atom. The average Bonchev–Trinajstić information content (AvgIpc) is 2.85. The molecule has 0 unspecified atom stereocenters. The molecule has 0 N–H and O–H groups in total. The summed E-state index contributed by atoms with van der Waals surface area (Å²) in [7, 11) is 0. The summed E-state index contributed by atoms with van der Waals surface area (Å²) in [6.07, 6.45) is 5.56. The van der Waals surface area contributed by atoms with E-state index in [0.717, 1.165) is 22.3 Å². The van der Waals surface area contributed by atoms with Crippen LogP contribution in [0.25, 0.3) is 33.0 Å². The Labute approximate surface area is 479 Å². The molecule has 10 aromatic rings. The standard InChI is InChI=1S/C76H68Ge2O2/c1-43-35-47(5)69(48(6)36-43)77(70-49(7)37-44(2)38-50(70)8)75(61-29-19-15-23-55(61)56-24-16-20-30-62(56)75)65-33-34-66-68-67(65)73(79-77)59-27-13-14-28-60(59)74(68)80-78(71-51(9)39-45(3)40-52(71)10,72-53(11)41-46(4)42-54(72)12)76(66)63-31-21-17-25-57(63)58-26-18-22-32-64(58)76/h13-42,65-66H,1-12H3/t65-,66-/m0/s1. The molecule has 10 aromatic carbocycles. The van der Waals surface area contributed by atoms with Crippen molar-refractivity contribution in [2.45, 2.75) is 103 Å². The molecule has 0 radical (unpaired) electrons. The van der Waals surface area contributed by atoms with Crippen molar-refractivity contribution < 1.29 is 7.53 Å². The van der Waals surface area contributed by atoms with Crippen LogP contribution >= 0.6 is 0 Å². The second kappa shape index (κ2) is 17.2. The van der Waals surface area contributed by atoms with Gasteiger partial charge in [-0.15, -0.1) is 0 Å². The van der Waals surface area contributed by atoms with Gasteiger partial charge >= 0.3 is 482 Å². The van der Waals surface area contributed by atoms with Crippen molar-refractivity contribution in [1.29, 1.82) is 0 Å². The Balaban J connectivity index is 1.21. The summed E-state index contributed by atoms with van der Waals surface area (Å²) in [4.78, 5) is 0. The third kappa shape index (κ3) is 5.97. The predicted octanol–water partition coefficient (Wildman–Crippen LogP) is 15.6. The minimum absolute atomic E-state index is 0.135. The van der Waals surface area contributed by atoms with E-state index in [1.807, 2.05) is 0 Å². The zero-order valence-corrected chi connectivity index (χ0v) is 52.5. The van der Waals surface area contributed by atoms with E-state index >= 15 is 0 Å². The number of aryl methyl sites for hydroxylation is 12. The van der Waals surface area contributed by atoms with Gasteiger partial charge in [-0.1, -0.05) is 0 Å². The first-order valence-electron chi connectivity index (χ1n) is 29.0. The molecular weight excluding hydrogens is 1090 g/mol. The third-order valence-corrected chi connectivity index (χ3v) is 42.9. The Kier molecular flexibility index (Phi) is 10.7. The molecule has 392 valence electrons. The van der Waals surface area contributed by atoms with E-state index in [1.54, 1.807) is 0 Å². The molecule has 80 heavy (non-hydrogen) atoms. The van der Waals surface area contributed by atoms with Crippen LogP contribution in [-0.2, 0) is 8.49 Å². The van der Waals surface area contributed by atoms with Gasteiger partial charge in [0.2, 0.25) is 0 Å². The van der Waals surface area contributed by atoms with Gasteiger partial charge < -0.3 is 0 Å². The molecule has 2 heterocycles. The molecule has 0 aromatic heterocycles. The first-order valence-corrected chi connectivity index (χ1v) is 37.0. The molecule has 2 spiro atoms. The number of hydrogen-bond donors (Lipinski definition) is 0. The fraction of sp³-hybridized carbons (Fsp3) is 0.211. The van der Waals surface area contributed by atoms with E-state index in [1.165, 1.54) is 140 Å². The van der Waals surface area contributed by atoms with Crippen molar-refractivity contribution in [3.8, 4) is 33.8 Å². The van der Waals surface area contributed by atoms with E-state index in [-0.39, 0.29) is 11.8 Å². The SMILES string of the molecule is Cc1cc(C)[c]([Ge]2([c]3c(C)cc(C)cc3C)[O]c3c4c5c(c6ccccc36)[O][Ge]([c]3c(C)cc(C)cc3C)([c]3c(C)cc(C)cc3C)[C]3(c6ccccc6-c6ccccc63)[C@H]5C=C[C@@H]4[C]23c2ccccc2-c2ccccc23)c(C)c1. The first-order chi connectivity index (χ1) is 38.6. The van der Waals surface area contributed by atoms with Crippen LogP contribution in [0.4, 0.5) is 0 Å². The average molecular weight is 1160 g/mol. The van der Waals surface area contributed by atoms with Crippen molar-refractivity contribution in [1.82, 2.24) is 0 Å². The van der Waals surface area contributed by atoms with Crippen molar-refractivity contribution in [2.75, 3.05) is 0 Å². The monoisotopic (exact) mass is 1160 g/mol. The molecule has 2 aliphatic heterocycles. The fourth-order valence-electron chi connectivity index (χ4n) is 18.4. The van der Waals surface area contributed by atoms with Gasteiger partial charge in [0.25, 0.3) is 0 Å². The Morgan fingerprint density at radius 1 is 0.300 bits per heavy atom. The summed E-state index contributed by atoms with van der Waals surface area (Å²) in [6, 6.07) is 66.8. The minimum atomic E-state index is -4.70. The van der Waals surface area contributed by atoms with E-state index in [9.17, 15) is 7.53 Å². The number of fused-ring (bicyclic) bond motifs is 15. The number of rotatable bonds is 4. The fourth-order valence-corrected chi connectivity index (χ4v) is 44.9. The summed E-state index contributed by atoms with van der Waals surface area (Å²) in [5, 5.41) is 2.28. The first kappa shape index (κ1) is 49.9. The van der Waals surface area contributed by atoms with Gasteiger partial charge in [-0.25, -0.2) is 0 Å². The zero-order chi connectivity index (χ0) is 55.1. The van der Waals surface area contributed by atoms with E-state index in [0.29, 0.717) is 0 Å². The Bertz CT molecular complexity index is 3860. The molecule has 0 fully saturated rings. The second-order valence-electron chi connectivity index (χ2n) is 24.8. The van der Waals surface area contributed by atoms with Crippen LogP contribution in [0, 0.1) is 83.1 Å². The second-order valence-corrected chi connectivity index (χ2v) is 38.9. The maximum absolute atomic E-state index is 9.21. The molecule has 2 atom stereocenters. The summed E-state index contributed by atoms with van der Waals surface area (Å²) < 4.78 is 22.8. The normalized spacial score (nSPS) is 18.3. The topological polar surface area (TPSA) is 18.5 Å². The van der Waals surface area contributed by atoms with Crippen LogP contribution in [-0.4, -0.2) is 27.2 Å². The Hall–Kier alpha value is -7.11. The van der Waals surface area contributed by atoms with E-state index in [4.69, 9.17) is 0 Å². The summed E-state index contributed by atoms with van der Waals surface area (Å²) in [5.74, 6) is 1.83. The molecule has 15 rings (SSSR count). The molecular formula is C76H68Ge2O2. The van der Waals surface area contributed by atoms with Crippen LogP contribution in [0.3, 0.4) is 0 Å². The van der Waals surface area contributed by atoms with Crippen LogP contribution in [0.1, 0.15) is 112 Å². The third-order valence-electron chi connectivity index (χ3n) is 20.0. The van der Waals surface area contributed by atoms with Crippen LogP contribution < -0.4 is 25.1 Å². The van der Waals surface area contributed by atoms with Crippen molar-refractivity contribution >= 4 is 55.6 Å².